The Morgan fingerprint density at radius 1 is 1.50 bits per heavy atom. The lowest BCUT2D eigenvalue weighted by Crippen LogP contribution is -2.27. The number of anilines is 2. The molecule has 0 saturated heterocycles. The summed E-state index contributed by atoms with van der Waals surface area (Å²) in [6.45, 7) is 4.65. The summed E-state index contributed by atoms with van der Waals surface area (Å²) in [7, 11) is 0. The van der Waals surface area contributed by atoms with E-state index in [1.54, 1.807) is 24.1 Å². The maximum Gasteiger partial charge on any atom is 0.225 e. The Kier molecular flexibility index (Phi) is 4.92. The van der Waals surface area contributed by atoms with Crippen LogP contribution in [0.1, 0.15) is 19.5 Å². The molecule has 106 valence electrons. The fourth-order valence-corrected chi connectivity index (χ4v) is 2.70. The number of nitrogens with one attached hydrogen (secondary N) is 1. The molecule has 1 N–H and O–H groups in total. The average Bonchev–Trinajstić information content (AvgIpc) is 2.87. The van der Waals surface area contributed by atoms with Gasteiger partial charge in [-0.25, -0.2) is 9.97 Å². The molecule has 0 aliphatic rings. The predicted octanol–water partition coefficient (Wildman–Crippen LogP) is 3.18. The molecular formula is C13H15ClN4OS. The zero-order valence-corrected chi connectivity index (χ0v) is 12.8. The summed E-state index contributed by atoms with van der Waals surface area (Å²) in [4.78, 5) is 21.7. The molecule has 0 spiro atoms. The summed E-state index contributed by atoms with van der Waals surface area (Å²) < 4.78 is 0. The minimum Gasteiger partial charge on any atom is -0.364 e. The van der Waals surface area contributed by atoms with Gasteiger partial charge in [-0.15, -0.1) is 11.3 Å². The second-order valence-corrected chi connectivity index (χ2v) is 5.37. The Morgan fingerprint density at radius 3 is 2.90 bits per heavy atom. The number of rotatable bonds is 5. The minimum absolute atomic E-state index is 0.000673. The minimum atomic E-state index is 0.000673. The molecule has 0 saturated carbocycles. The van der Waals surface area contributed by atoms with Gasteiger partial charge >= 0.3 is 0 Å². The lowest BCUT2D eigenvalue weighted by atomic mass is 10.4. The molecule has 0 aromatic carbocycles. The average molecular weight is 311 g/mol. The van der Waals surface area contributed by atoms with Crippen LogP contribution in [0.3, 0.4) is 0 Å². The highest BCUT2D eigenvalue weighted by atomic mass is 35.5. The van der Waals surface area contributed by atoms with Crippen molar-refractivity contribution in [3.05, 3.63) is 34.4 Å². The van der Waals surface area contributed by atoms with Crippen LogP contribution in [0.5, 0.6) is 0 Å². The van der Waals surface area contributed by atoms with E-state index in [-0.39, 0.29) is 5.91 Å². The van der Waals surface area contributed by atoms with Crippen LogP contribution in [-0.4, -0.2) is 22.4 Å². The number of carbonyl (C=O) groups excluding carboxylic acids is 1. The van der Waals surface area contributed by atoms with Gasteiger partial charge < -0.3 is 5.32 Å². The van der Waals surface area contributed by atoms with Crippen molar-refractivity contribution in [3.63, 3.8) is 0 Å². The highest BCUT2D eigenvalue weighted by molar-refractivity contribution is 7.14. The zero-order chi connectivity index (χ0) is 14.5. The highest BCUT2D eigenvalue weighted by Crippen LogP contribution is 2.21. The molecule has 0 radical (unpaired) electrons. The lowest BCUT2D eigenvalue weighted by Gasteiger charge is -2.14. The second kappa shape index (κ2) is 6.67. The van der Waals surface area contributed by atoms with Crippen molar-refractivity contribution in [1.29, 1.82) is 0 Å². The maximum atomic E-state index is 11.5. The van der Waals surface area contributed by atoms with Gasteiger partial charge in [0.1, 0.15) is 5.82 Å². The first-order valence-electron chi connectivity index (χ1n) is 6.18. The molecule has 0 bridgehead atoms. The van der Waals surface area contributed by atoms with Crippen LogP contribution in [0.2, 0.25) is 5.02 Å². The number of pyridine rings is 1. The number of amides is 1. The van der Waals surface area contributed by atoms with Gasteiger partial charge in [-0.3, -0.25) is 9.69 Å². The van der Waals surface area contributed by atoms with Gasteiger partial charge in [-0.2, -0.15) is 0 Å². The molecule has 0 unspecified atom stereocenters. The summed E-state index contributed by atoms with van der Waals surface area (Å²) in [5, 5.41) is 6.42. The van der Waals surface area contributed by atoms with Crippen molar-refractivity contribution < 1.29 is 4.79 Å². The SMILES string of the molecule is CCN(C(C)=O)c1nc(CNc2ccc(Cl)cn2)cs1. The van der Waals surface area contributed by atoms with Crippen LogP contribution in [0.25, 0.3) is 0 Å². The molecular weight excluding hydrogens is 296 g/mol. The fraction of sp³-hybridized carbons (Fsp3) is 0.308. The number of aromatic nitrogens is 2. The molecule has 2 aromatic rings. The van der Waals surface area contributed by atoms with Crippen LogP contribution < -0.4 is 10.2 Å². The van der Waals surface area contributed by atoms with Gasteiger partial charge in [0, 0.05) is 25.0 Å². The van der Waals surface area contributed by atoms with E-state index in [1.165, 1.54) is 11.3 Å². The molecule has 0 aliphatic carbocycles. The van der Waals surface area contributed by atoms with Crippen LogP contribution in [0.4, 0.5) is 10.9 Å². The molecule has 2 rings (SSSR count). The molecule has 0 aliphatic heterocycles. The Hall–Kier alpha value is -1.66. The lowest BCUT2D eigenvalue weighted by molar-refractivity contribution is -0.116. The van der Waals surface area contributed by atoms with Gasteiger partial charge in [-0.1, -0.05) is 11.6 Å². The van der Waals surface area contributed by atoms with E-state index in [4.69, 9.17) is 11.6 Å². The Balaban J connectivity index is 1.99. The van der Waals surface area contributed by atoms with Crippen LogP contribution in [-0.2, 0) is 11.3 Å². The summed E-state index contributed by atoms with van der Waals surface area (Å²) in [5.41, 5.74) is 0.876. The number of thiazole rings is 1. The van der Waals surface area contributed by atoms with Gasteiger partial charge in [-0.05, 0) is 19.1 Å². The smallest absolute Gasteiger partial charge is 0.225 e. The number of carbonyl (C=O) groups is 1. The van der Waals surface area contributed by atoms with Gasteiger partial charge in [0.15, 0.2) is 5.13 Å². The molecule has 2 heterocycles. The third-order valence-corrected chi connectivity index (χ3v) is 3.78. The number of hydrogen-bond acceptors (Lipinski definition) is 5. The molecule has 0 atom stereocenters. The first-order valence-corrected chi connectivity index (χ1v) is 7.44. The van der Waals surface area contributed by atoms with Crippen LogP contribution >= 0.6 is 22.9 Å². The van der Waals surface area contributed by atoms with E-state index in [0.29, 0.717) is 18.1 Å². The van der Waals surface area contributed by atoms with Gasteiger partial charge in [0.25, 0.3) is 0 Å². The van der Waals surface area contributed by atoms with Crippen molar-refractivity contribution in [2.45, 2.75) is 20.4 Å². The van der Waals surface area contributed by atoms with Gasteiger partial charge in [0.2, 0.25) is 5.91 Å². The van der Waals surface area contributed by atoms with E-state index in [1.807, 2.05) is 18.4 Å². The molecule has 1 amide bonds. The third-order valence-electron chi connectivity index (χ3n) is 2.64. The highest BCUT2D eigenvalue weighted by Gasteiger charge is 2.13. The first kappa shape index (κ1) is 14.7. The summed E-state index contributed by atoms with van der Waals surface area (Å²) in [6.07, 6.45) is 1.59. The van der Waals surface area contributed by atoms with Crippen molar-refractivity contribution in [3.8, 4) is 0 Å². The van der Waals surface area contributed by atoms with E-state index < -0.39 is 0 Å². The summed E-state index contributed by atoms with van der Waals surface area (Å²) >= 11 is 7.23. The fourth-order valence-electron chi connectivity index (χ4n) is 1.66. The molecule has 0 fully saturated rings. The number of nitrogens with zero attached hydrogens (tertiary/aromatic N) is 3. The largest absolute Gasteiger partial charge is 0.364 e. The number of hydrogen-bond donors (Lipinski definition) is 1. The van der Waals surface area contributed by atoms with Crippen LogP contribution in [0, 0.1) is 0 Å². The summed E-state index contributed by atoms with van der Waals surface area (Å²) in [5.74, 6) is 0.739. The van der Waals surface area contributed by atoms with E-state index in [0.717, 1.165) is 16.6 Å². The Bertz CT molecular complexity index is 584. The first-order chi connectivity index (χ1) is 9.60. The molecule has 5 nitrogen and oxygen atoms in total. The third kappa shape index (κ3) is 3.68. The van der Waals surface area contributed by atoms with Crippen molar-refractivity contribution >= 4 is 39.8 Å². The van der Waals surface area contributed by atoms with Crippen molar-refractivity contribution in [2.75, 3.05) is 16.8 Å². The normalized spacial score (nSPS) is 10.3. The molecule has 7 heteroatoms. The van der Waals surface area contributed by atoms with E-state index in [9.17, 15) is 4.79 Å². The zero-order valence-electron chi connectivity index (χ0n) is 11.3. The Morgan fingerprint density at radius 2 is 2.30 bits per heavy atom. The van der Waals surface area contributed by atoms with Gasteiger partial charge in [0.05, 0.1) is 17.3 Å². The number of halogens is 1. The van der Waals surface area contributed by atoms with E-state index >= 15 is 0 Å². The monoisotopic (exact) mass is 310 g/mol. The standard InChI is InChI=1S/C13H15ClN4OS/c1-3-18(9(2)19)13-17-11(8-20-13)7-16-12-5-4-10(14)6-15-12/h4-6,8H,3,7H2,1-2H3,(H,15,16). The maximum absolute atomic E-state index is 11.5. The van der Waals surface area contributed by atoms with Crippen LogP contribution in [0.15, 0.2) is 23.7 Å². The molecule has 20 heavy (non-hydrogen) atoms. The topological polar surface area (TPSA) is 58.1 Å². The predicted molar refractivity (Wildman–Crippen MR) is 82.4 cm³/mol. The second-order valence-electron chi connectivity index (χ2n) is 4.10. The quantitative estimate of drug-likeness (QED) is 0.921. The van der Waals surface area contributed by atoms with Crippen molar-refractivity contribution in [2.24, 2.45) is 0 Å². The Labute approximate surface area is 126 Å². The summed E-state index contributed by atoms with van der Waals surface area (Å²) in [6, 6.07) is 3.58. The van der Waals surface area contributed by atoms with E-state index in [2.05, 4.69) is 15.3 Å². The van der Waals surface area contributed by atoms with Crippen molar-refractivity contribution in [1.82, 2.24) is 9.97 Å². The molecule has 2 aromatic heterocycles.